The minimum Gasteiger partial charge on any atom is -0.496 e. The number of methoxy groups -OCH3 is 2. The normalized spacial score (nSPS) is 10.8. The molecular formula is C21H16BrClN2O5. The lowest BCUT2D eigenvalue weighted by atomic mass is 10.1. The summed E-state index contributed by atoms with van der Waals surface area (Å²) in [5.74, 6) is 0.354. The molecule has 154 valence electrons. The van der Waals surface area contributed by atoms with Crippen LogP contribution >= 0.6 is 27.5 Å². The van der Waals surface area contributed by atoms with Crippen molar-refractivity contribution in [3.63, 3.8) is 0 Å². The second kappa shape index (κ2) is 9.60. The van der Waals surface area contributed by atoms with Gasteiger partial charge in [-0.1, -0.05) is 27.5 Å². The molecule has 1 amide bonds. The van der Waals surface area contributed by atoms with E-state index in [0.29, 0.717) is 28.4 Å². The molecular weight excluding hydrogens is 476 g/mol. The maximum atomic E-state index is 12.3. The lowest BCUT2D eigenvalue weighted by molar-refractivity contribution is 0.0601. The van der Waals surface area contributed by atoms with E-state index in [-0.39, 0.29) is 10.6 Å². The Balaban J connectivity index is 1.73. The zero-order valence-electron chi connectivity index (χ0n) is 15.9. The molecule has 0 saturated heterocycles. The average Bonchev–Trinajstić information content (AvgIpc) is 3.22. The molecule has 0 unspecified atom stereocenters. The Morgan fingerprint density at radius 1 is 1.10 bits per heavy atom. The number of ether oxygens (including phenoxy) is 2. The van der Waals surface area contributed by atoms with Crippen LogP contribution in [0.2, 0.25) is 5.02 Å². The van der Waals surface area contributed by atoms with E-state index in [1.807, 2.05) is 0 Å². The Bertz CT molecular complexity index is 1130. The lowest BCUT2D eigenvalue weighted by Gasteiger charge is -2.07. The van der Waals surface area contributed by atoms with E-state index in [0.717, 1.165) is 4.47 Å². The molecule has 0 bridgehead atoms. The maximum Gasteiger partial charge on any atom is 0.339 e. The fraction of sp³-hybridized carbons (Fsp3) is 0.0952. The Kier molecular flexibility index (Phi) is 6.91. The molecule has 7 nitrogen and oxygen atoms in total. The number of nitrogens with zero attached hydrogens (tertiary/aromatic N) is 1. The van der Waals surface area contributed by atoms with Crippen molar-refractivity contribution < 1.29 is 23.5 Å². The van der Waals surface area contributed by atoms with Crippen LogP contribution in [0.3, 0.4) is 0 Å². The predicted molar refractivity (Wildman–Crippen MR) is 116 cm³/mol. The number of carbonyl (C=O) groups is 2. The van der Waals surface area contributed by atoms with Gasteiger partial charge < -0.3 is 13.9 Å². The van der Waals surface area contributed by atoms with Crippen LogP contribution in [0.15, 0.2) is 62.5 Å². The molecule has 0 aliphatic heterocycles. The summed E-state index contributed by atoms with van der Waals surface area (Å²) in [7, 11) is 2.76. The summed E-state index contributed by atoms with van der Waals surface area (Å²) in [5.41, 5.74) is 3.64. The highest BCUT2D eigenvalue weighted by molar-refractivity contribution is 9.10. The number of halogens is 2. The topological polar surface area (TPSA) is 90.1 Å². The fourth-order valence-corrected chi connectivity index (χ4v) is 3.15. The van der Waals surface area contributed by atoms with Gasteiger partial charge in [-0.2, -0.15) is 5.10 Å². The molecule has 1 heterocycles. The van der Waals surface area contributed by atoms with Gasteiger partial charge in [-0.05, 0) is 48.5 Å². The van der Waals surface area contributed by atoms with E-state index < -0.39 is 11.9 Å². The molecule has 0 fully saturated rings. The zero-order valence-corrected chi connectivity index (χ0v) is 18.3. The van der Waals surface area contributed by atoms with Crippen molar-refractivity contribution in [3.8, 4) is 17.1 Å². The van der Waals surface area contributed by atoms with Crippen LogP contribution in [0.25, 0.3) is 11.3 Å². The molecule has 1 aromatic heterocycles. The van der Waals surface area contributed by atoms with Crippen molar-refractivity contribution in [1.29, 1.82) is 0 Å². The minimum atomic E-state index is -0.541. The molecule has 0 atom stereocenters. The van der Waals surface area contributed by atoms with Crippen molar-refractivity contribution in [1.82, 2.24) is 5.43 Å². The first-order valence-electron chi connectivity index (χ1n) is 8.58. The van der Waals surface area contributed by atoms with E-state index >= 15 is 0 Å². The first-order chi connectivity index (χ1) is 14.4. The number of esters is 1. The van der Waals surface area contributed by atoms with Gasteiger partial charge in [0, 0.05) is 10.0 Å². The number of nitrogens with one attached hydrogen (secondary N) is 1. The third-order valence-electron chi connectivity index (χ3n) is 4.05. The van der Waals surface area contributed by atoms with E-state index in [1.165, 1.54) is 20.4 Å². The summed E-state index contributed by atoms with van der Waals surface area (Å²) in [4.78, 5) is 24.1. The van der Waals surface area contributed by atoms with Gasteiger partial charge in [0.1, 0.15) is 17.3 Å². The van der Waals surface area contributed by atoms with Crippen molar-refractivity contribution in [3.05, 3.63) is 74.9 Å². The number of hydrogen-bond acceptors (Lipinski definition) is 6. The third-order valence-corrected chi connectivity index (χ3v) is 4.87. The molecule has 1 N–H and O–H groups in total. The molecule has 0 aliphatic carbocycles. The molecule has 0 radical (unpaired) electrons. The lowest BCUT2D eigenvalue weighted by Crippen LogP contribution is -2.18. The largest absolute Gasteiger partial charge is 0.496 e. The van der Waals surface area contributed by atoms with Crippen molar-refractivity contribution >= 4 is 45.6 Å². The second-order valence-corrected chi connectivity index (χ2v) is 7.25. The summed E-state index contributed by atoms with van der Waals surface area (Å²) in [6, 6.07) is 13.4. The van der Waals surface area contributed by atoms with Crippen LogP contribution in [0, 0.1) is 0 Å². The summed E-state index contributed by atoms with van der Waals surface area (Å²) < 4.78 is 16.3. The van der Waals surface area contributed by atoms with Crippen molar-refractivity contribution in [2.24, 2.45) is 5.10 Å². The quantitative estimate of drug-likeness (QED) is 0.300. The van der Waals surface area contributed by atoms with Crippen LogP contribution in [0.1, 0.15) is 26.5 Å². The third kappa shape index (κ3) is 4.90. The highest BCUT2D eigenvalue weighted by atomic mass is 79.9. The van der Waals surface area contributed by atoms with Gasteiger partial charge in [0.25, 0.3) is 5.91 Å². The van der Waals surface area contributed by atoms with E-state index in [4.69, 9.17) is 25.5 Å². The second-order valence-electron chi connectivity index (χ2n) is 5.93. The predicted octanol–water partition coefficient (Wildman–Crippen LogP) is 4.92. The van der Waals surface area contributed by atoms with Crippen molar-refractivity contribution in [2.75, 3.05) is 14.2 Å². The number of carbonyl (C=O) groups excluding carboxylic acids is 2. The Hall–Kier alpha value is -3.10. The first-order valence-corrected chi connectivity index (χ1v) is 9.75. The Labute approximate surface area is 185 Å². The molecule has 9 heteroatoms. The van der Waals surface area contributed by atoms with Crippen molar-refractivity contribution in [2.45, 2.75) is 0 Å². The zero-order chi connectivity index (χ0) is 21.7. The molecule has 0 spiro atoms. The molecule has 3 aromatic rings. The minimum absolute atomic E-state index is 0.235. The van der Waals surface area contributed by atoms with Gasteiger partial charge in [0.05, 0.1) is 36.6 Å². The van der Waals surface area contributed by atoms with Crippen LogP contribution in [0.4, 0.5) is 0 Å². The van der Waals surface area contributed by atoms with Crippen LogP contribution in [-0.4, -0.2) is 32.3 Å². The molecule has 30 heavy (non-hydrogen) atoms. The van der Waals surface area contributed by atoms with E-state index in [2.05, 4.69) is 26.5 Å². The van der Waals surface area contributed by atoms with Gasteiger partial charge >= 0.3 is 5.97 Å². The number of benzene rings is 2. The van der Waals surface area contributed by atoms with Gasteiger partial charge in [0.15, 0.2) is 0 Å². The number of rotatable bonds is 6. The van der Waals surface area contributed by atoms with Gasteiger partial charge in [0.2, 0.25) is 0 Å². The smallest absolute Gasteiger partial charge is 0.339 e. The monoisotopic (exact) mass is 490 g/mol. The number of hydrazone groups is 1. The summed E-state index contributed by atoms with van der Waals surface area (Å²) in [5, 5.41) is 4.20. The molecule has 0 aliphatic rings. The number of amides is 1. The molecule has 0 saturated carbocycles. The summed E-state index contributed by atoms with van der Waals surface area (Å²) >= 11 is 9.36. The Morgan fingerprint density at radius 3 is 2.63 bits per heavy atom. The highest BCUT2D eigenvalue weighted by Crippen LogP contribution is 2.27. The van der Waals surface area contributed by atoms with E-state index in [9.17, 15) is 9.59 Å². The van der Waals surface area contributed by atoms with Crippen LogP contribution < -0.4 is 10.2 Å². The number of hydrogen-bond donors (Lipinski definition) is 1. The maximum absolute atomic E-state index is 12.3. The summed E-state index contributed by atoms with van der Waals surface area (Å²) in [6.45, 7) is 0. The fourth-order valence-electron chi connectivity index (χ4n) is 2.59. The SMILES string of the molecule is COC(=O)c1cc(-c2ccc(/C=N\NC(=O)c3cc(Br)ccc3OC)o2)ccc1Cl. The standard InChI is InChI=1S/C21H16BrClN2O5/c1-28-19-7-4-13(22)10-16(19)20(26)25-24-11-14-5-8-18(30-14)12-3-6-17(23)15(9-12)21(27)29-2/h3-11H,1-2H3,(H,25,26)/b24-11-. The van der Waals surface area contributed by atoms with Gasteiger partial charge in [-0.25, -0.2) is 10.2 Å². The number of furan rings is 1. The van der Waals surface area contributed by atoms with Crippen LogP contribution in [-0.2, 0) is 4.74 Å². The van der Waals surface area contributed by atoms with Crippen LogP contribution in [0.5, 0.6) is 5.75 Å². The highest BCUT2D eigenvalue weighted by Gasteiger charge is 2.14. The first kappa shape index (κ1) is 21.6. The van der Waals surface area contributed by atoms with E-state index in [1.54, 1.807) is 48.5 Å². The molecule has 3 rings (SSSR count). The average molecular weight is 492 g/mol. The Morgan fingerprint density at radius 2 is 1.90 bits per heavy atom. The van der Waals surface area contributed by atoms with Gasteiger partial charge in [-0.15, -0.1) is 0 Å². The van der Waals surface area contributed by atoms with Gasteiger partial charge in [-0.3, -0.25) is 4.79 Å². The summed E-state index contributed by atoms with van der Waals surface area (Å²) in [6.07, 6.45) is 1.36. The molecule has 2 aromatic carbocycles.